The normalized spacial score (nSPS) is 10.3. The number of hydrogen-bond donors (Lipinski definition) is 1. The van der Waals surface area contributed by atoms with Gasteiger partial charge in [-0.3, -0.25) is 0 Å². The first-order valence-corrected chi connectivity index (χ1v) is 6.50. The predicted octanol–water partition coefficient (Wildman–Crippen LogP) is 3.81. The Bertz CT molecular complexity index is 754. The van der Waals surface area contributed by atoms with E-state index in [-0.39, 0.29) is 0 Å². The SMILES string of the molecule is N#CCc1c[nH]c2cc(OCc3ccccc3)ccc12. The Kier molecular flexibility index (Phi) is 3.38. The summed E-state index contributed by atoms with van der Waals surface area (Å²) in [6.07, 6.45) is 2.30. The second-order valence-corrected chi connectivity index (χ2v) is 4.63. The third-order valence-corrected chi connectivity index (χ3v) is 3.26. The number of ether oxygens (including phenoxy) is 1. The van der Waals surface area contributed by atoms with Crippen LogP contribution in [0.2, 0.25) is 0 Å². The molecule has 98 valence electrons. The summed E-state index contributed by atoms with van der Waals surface area (Å²) >= 11 is 0. The Morgan fingerprint density at radius 3 is 2.75 bits per heavy atom. The zero-order valence-corrected chi connectivity index (χ0v) is 11.0. The van der Waals surface area contributed by atoms with Gasteiger partial charge in [-0.25, -0.2) is 0 Å². The Hall–Kier alpha value is -2.73. The van der Waals surface area contributed by atoms with E-state index in [1.54, 1.807) is 0 Å². The highest BCUT2D eigenvalue weighted by Crippen LogP contribution is 2.24. The van der Waals surface area contributed by atoms with Crippen LogP contribution >= 0.6 is 0 Å². The minimum absolute atomic E-state index is 0.421. The summed E-state index contributed by atoms with van der Waals surface area (Å²) < 4.78 is 5.78. The molecule has 3 rings (SSSR count). The highest BCUT2D eigenvalue weighted by molar-refractivity contribution is 5.84. The van der Waals surface area contributed by atoms with Crippen LogP contribution < -0.4 is 4.74 Å². The van der Waals surface area contributed by atoms with Crippen molar-refractivity contribution in [2.45, 2.75) is 13.0 Å². The molecule has 0 bridgehead atoms. The van der Waals surface area contributed by atoms with Crippen molar-refractivity contribution in [3.63, 3.8) is 0 Å². The fraction of sp³-hybridized carbons (Fsp3) is 0.118. The van der Waals surface area contributed by atoms with E-state index in [0.29, 0.717) is 13.0 Å². The number of benzene rings is 2. The van der Waals surface area contributed by atoms with Crippen LogP contribution in [-0.2, 0) is 13.0 Å². The molecule has 1 aromatic heterocycles. The number of rotatable bonds is 4. The molecule has 0 amide bonds. The summed E-state index contributed by atoms with van der Waals surface area (Å²) in [5, 5.41) is 9.86. The van der Waals surface area contributed by atoms with Crippen molar-refractivity contribution in [3.05, 3.63) is 65.9 Å². The molecule has 0 saturated carbocycles. The van der Waals surface area contributed by atoms with Gasteiger partial charge in [-0.2, -0.15) is 5.26 Å². The average molecular weight is 262 g/mol. The highest BCUT2D eigenvalue weighted by Gasteiger charge is 2.04. The summed E-state index contributed by atoms with van der Waals surface area (Å²) in [5.41, 5.74) is 3.17. The molecule has 0 unspecified atom stereocenters. The van der Waals surface area contributed by atoms with Gasteiger partial charge in [0.2, 0.25) is 0 Å². The number of nitrogens with one attached hydrogen (secondary N) is 1. The Balaban J connectivity index is 1.78. The van der Waals surface area contributed by atoms with Crippen LogP contribution in [0.5, 0.6) is 5.75 Å². The molecule has 1 heterocycles. The minimum atomic E-state index is 0.421. The van der Waals surface area contributed by atoms with E-state index in [1.165, 1.54) is 0 Å². The number of nitrogens with zero attached hydrogens (tertiary/aromatic N) is 1. The van der Waals surface area contributed by atoms with Gasteiger partial charge >= 0.3 is 0 Å². The lowest BCUT2D eigenvalue weighted by Gasteiger charge is -2.06. The third kappa shape index (κ3) is 2.50. The maximum absolute atomic E-state index is 8.77. The van der Waals surface area contributed by atoms with Crippen molar-refractivity contribution in [2.24, 2.45) is 0 Å². The Labute approximate surface area is 117 Å². The first kappa shape index (κ1) is 12.3. The maximum atomic E-state index is 8.77. The van der Waals surface area contributed by atoms with Crippen molar-refractivity contribution in [1.82, 2.24) is 4.98 Å². The molecular formula is C17H14N2O. The Morgan fingerprint density at radius 1 is 1.10 bits per heavy atom. The first-order valence-electron chi connectivity index (χ1n) is 6.50. The monoisotopic (exact) mass is 262 g/mol. The highest BCUT2D eigenvalue weighted by atomic mass is 16.5. The van der Waals surface area contributed by atoms with E-state index in [0.717, 1.165) is 27.8 Å². The van der Waals surface area contributed by atoms with Gasteiger partial charge in [0.1, 0.15) is 12.4 Å². The molecule has 1 N–H and O–H groups in total. The van der Waals surface area contributed by atoms with Crippen molar-refractivity contribution >= 4 is 10.9 Å². The number of fused-ring (bicyclic) bond motifs is 1. The fourth-order valence-electron chi connectivity index (χ4n) is 2.23. The Morgan fingerprint density at radius 2 is 1.95 bits per heavy atom. The number of H-pyrrole nitrogens is 1. The van der Waals surface area contributed by atoms with Crippen LogP contribution in [0.25, 0.3) is 10.9 Å². The maximum Gasteiger partial charge on any atom is 0.121 e. The molecule has 3 heteroatoms. The fourth-order valence-corrected chi connectivity index (χ4v) is 2.23. The molecule has 0 aliphatic heterocycles. The average Bonchev–Trinajstić information content (AvgIpc) is 2.89. The first-order chi connectivity index (χ1) is 9.86. The number of nitriles is 1. The molecule has 3 nitrogen and oxygen atoms in total. The zero-order valence-electron chi connectivity index (χ0n) is 11.0. The molecule has 0 fully saturated rings. The van der Waals surface area contributed by atoms with Gasteiger partial charge in [0.25, 0.3) is 0 Å². The molecule has 20 heavy (non-hydrogen) atoms. The van der Waals surface area contributed by atoms with E-state index < -0.39 is 0 Å². The summed E-state index contributed by atoms with van der Waals surface area (Å²) in [6, 6.07) is 18.2. The summed E-state index contributed by atoms with van der Waals surface area (Å²) in [5.74, 6) is 0.826. The van der Waals surface area contributed by atoms with Crippen molar-refractivity contribution in [2.75, 3.05) is 0 Å². The summed E-state index contributed by atoms with van der Waals surface area (Å²) in [7, 11) is 0. The second-order valence-electron chi connectivity index (χ2n) is 4.63. The number of aromatic nitrogens is 1. The summed E-state index contributed by atoms with van der Waals surface area (Å²) in [6.45, 7) is 0.554. The largest absolute Gasteiger partial charge is 0.489 e. The van der Waals surface area contributed by atoms with Crippen LogP contribution in [0, 0.1) is 11.3 Å². The third-order valence-electron chi connectivity index (χ3n) is 3.26. The molecule has 3 aromatic rings. The number of aromatic amines is 1. The predicted molar refractivity (Wildman–Crippen MR) is 78.4 cm³/mol. The molecule has 0 atom stereocenters. The van der Waals surface area contributed by atoms with Crippen LogP contribution in [0.1, 0.15) is 11.1 Å². The zero-order chi connectivity index (χ0) is 13.8. The van der Waals surface area contributed by atoms with Gasteiger partial charge in [-0.05, 0) is 23.3 Å². The van der Waals surface area contributed by atoms with E-state index in [4.69, 9.17) is 10.00 Å². The van der Waals surface area contributed by atoms with E-state index in [2.05, 4.69) is 11.1 Å². The van der Waals surface area contributed by atoms with E-state index >= 15 is 0 Å². The lowest BCUT2D eigenvalue weighted by Crippen LogP contribution is -1.94. The van der Waals surface area contributed by atoms with Gasteiger partial charge in [-0.1, -0.05) is 30.3 Å². The second kappa shape index (κ2) is 5.50. The topological polar surface area (TPSA) is 48.8 Å². The van der Waals surface area contributed by atoms with Gasteiger partial charge in [0.15, 0.2) is 0 Å². The molecule has 0 radical (unpaired) electrons. The van der Waals surface area contributed by atoms with Crippen LogP contribution in [0.3, 0.4) is 0 Å². The lowest BCUT2D eigenvalue weighted by molar-refractivity contribution is 0.306. The van der Waals surface area contributed by atoms with E-state index in [9.17, 15) is 0 Å². The smallest absolute Gasteiger partial charge is 0.121 e. The number of hydrogen-bond acceptors (Lipinski definition) is 2. The standard InChI is InChI=1S/C17H14N2O/c18-9-8-14-11-19-17-10-15(6-7-16(14)17)20-12-13-4-2-1-3-5-13/h1-7,10-11,19H,8,12H2. The van der Waals surface area contributed by atoms with E-state index in [1.807, 2.05) is 54.7 Å². The summed E-state index contributed by atoms with van der Waals surface area (Å²) in [4.78, 5) is 3.18. The molecule has 0 aliphatic rings. The van der Waals surface area contributed by atoms with Gasteiger partial charge in [0, 0.05) is 23.2 Å². The van der Waals surface area contributed by atoms with Gasteiger partial charge < -0.3 is 9.72 Å². The van der Waals surface area contributed by atoms with Crippen molar-refractivity contribution < 1.29 is 4.74 Å². The minimum Gasteiger partial charge on any atom is -0.489 e. The van der Waals surface area contributed by atoms with Crippen LogP contribution in [0.15, 0.2) is 54.7 Å². The van der Waals surface area contributed by atoms with Gasteiger partial charge in [-0.15, -0.1) is 0 Å². The van der Waals surface area contributed by atoms with Crippen molar-refractivity contribution in [1.29, 1.82) is 5.26 Å². The molecular weight excluding hydrogens is 248 g/mol. The molecule has 0 saturated heterocycles. The molecule has 0 spiro atoms. The van der Waals surface area contributed by atoms with Gasteiger partial charge in [0.05, 0.1) is 12.5 Å². The molecule has 0 aliphatic carbocycles. The van der Waals surface area contributed by atoms with Crippen LogP contribution in [0.4, 0.5) is 0 Å². The lowest BCUT2D eigenvalue weighted by atomic mass is 10.1. The van der Waals surface area contributed by atoms with Crippen molar-refractivity contribution in [3.8, 4) is 11.8 Å². The molecule has 2 aromatic carbocycles. The van der Waals surface area contributed by atoms with Crippen LogP contribution in [-0.4, -0.2) is 4.98 Å². The quantitative estimate of drug-likeness (QED) is 0.777.